The van der Waals surface area contributed by atoms with Crippen molar-refractivity contribution in [1.29, 1.82) is 0 Å². The molecule has 1 saturated carbocycles. The van der Waals surface area contributed by atoms with Crippen molar-refractivity contribution in [3.8, 4) is 0 Å². The first kappa shape index (κ1) is 44.2. The minimum atomic E-state index is -0.359. The van der Waals surface area contributed by atoms with Crippen LogP contribution in [0.3, 0.4) is 0 Å². The van der Waals surface area contributed by atoms with E-state index in [-0.39, 0.29) is 42.5 Å². The maximum absolute atomic E-state index is 14.0. The van der Waals surface area contributed by atoms with Gasteiger partial charge in [-0.15, -0.1) is 11.3 Å². The quantitative estimate of drug-likeness (QED) is 0.0898. The van der Waals surface area contributed by atoms with Crippen LogP contribution in [0.2, 0.25) is 0 Å². The van der Waals surface area contributed by atoms with Gasteiger partial charge in [0.1, 0.15) is 5.00 Å². The van der Waals surface area contributed by atoms with Gasteiger partial charge in [0.15, 0.2) is 0 Å². The van der Waals surface area contributed by atoms with Crippen LogP contribution >= 0.6 is 11.3 Å². The summed E-state index contributed by atoms with van der Waals surface area (Å²) in [5.74, 6) is -1.26. The first-order chi connectivity index (χ1) is 29.1. The Balaban J connectivity index is 1.07. The number of amides is 3. The summed E-state index contributed by atoms with van der Waals surface area (Å²) in [5, 5.41) is 6.81. The number of hydrogen-bond acceptors (Lipinski definition) is 9. The van der Waals surface area contributed by atoms with E-state index >= 15 is 0 Å². The largest absolute Gasteiger partial charge is 0.466 e. The van der Waals surface area contributed by atoms with Gasteiger partial charge in [0.05, 0.1) is 31.3 Å². The highest BCUT2D eigenvalue weighted by Gasteiger charge is 2.28. The first-order valence-corrected chi connectivity index (χ1v) is 22.2. The van der Waals surface area contributed by atoms with E-state index in [0.717, 1.165) is 79.4 Å². The number of carbonyl (C=O) groups excluding carboxylic acids is 5. The summed E-state index contributed by atoms with van der Waals surface area (Å²) in [5.41, 5.74) is 6.67. The summed E-state index contributed by atoms with van der Waals surface area (Å²) >= 11 is 1.51. The Morgan fingerprint density at radius 1 is 0.767 bits per heavy atom. The van der Waals surface area contributed by atoms with Crippen molar-refractivity contribution in [2.45, 2.75) is 103 Å². The van der Waals surface area contributed by atoms with Crippen LogP contribution in [0.1, 0.15) is 123 Å². The molecule has 0 radical (unpaired) electrons. The van der Waals surface area contributed by atoms with Crippen LogP contribution in [-0.4, -0.2) is 79.4 Å². The molecule has 2 N–H and O–H groups in total. The molecule has 4 aromatic rings. The Bertz CT molecular complexity index is 2110. The molecular formula is C48H58N4O7S. The number of aryl methyl sites for hydroxylation is 3. The van der Waals surface area contributed by atoms with E-state index in [1.54, 1.807) is 31.0 Å². The Morgan fingerprint density at radius 2 is 1.47 bits per heavy atom. The number of benzene rings is 3. The number of nitrogens with zero attached hydrogens (tertiary/aromatic N) is 2. The van der Waals surface area contributed by atoms with E-state index in [1.807, 2.05) is 60.7 Å². The summed E-state index contributed by atoms with van der Waals surface area (Å²) in [6, 6.07) is 23.5. The molecule has 0 unspecified atom stereocenters. The van der Waals surface area contributed by atoms with Crippen molar-refractivity contribution in [2.75, 3.05) is 44.5 Å². The summed E-state index contributed by atoms with van der Waals surface area (Å²) in [6.07, 6.45) is 11.2. The molecule has 0 aliphatic heterocycles. The fourth-order valence-electron chi connectivity index (χ4n) is 8.18. The Morgan fingerprint density at radius 3 is 2.17 bits per heavy atom. The smallest absolute Gasteiger partial charge is 0.337 e. The van der Waals surface area contributed by atoms with Crippen molar-refractivity contribution < 1.29 is 33.4 Å². The molecule has 0 atom stereocenters. The van der Waals surface area contributed by atoms with Crippen molar-refractivity contribution in [3.05, 3.63) is 117 Å². The molecule has 0 spiro atoms. The maximum atomic E-state index is 14.0. The predicted molar refractivity (Wildman–Crippen MR) is 236 cm³/mol. The van der Waals surface area contributed by atoms with Gasteiger partial charge in [-0.05, 0) is 123 Å². The van der Waals surface area contributed by atoms with Gasteiger partial charge in [0, 0.05) is 55.3 Å². The molecule has 0 bridgehead atoms. The van der Waals surface area contributed by atoms with E-state index in [4.69, 9.17) is 9.47 Å². The fraction of sp³-hybridized carbons (Fsp3) is 0.438. The third-order valence-electron chi connectivity index (χ3n) is 11.6. The second-order valence-corrected chi connectivity index (χ2v) is 16.9. The highest BCUT2D eigenvalue weighted by Crippen LogP contribution is 2.39. The molecule has 3 amide bonds. The van der Waals surface area contributed by atoms with E-state index in [1.165, 1.54) is 36.9 Å². The lowest BCUT2D eigenvalue weighted by atomic mass is 9.95. The Kier molecular flexibility index (Phi) is 16.1. The number of methoxy groups -OCH3 is 1. The second-order valence-electron chi connectivity index (χ2n) is 15.8. The van der Waals surface area contributed by atoms with Crippen LogP contribution in [-0.2, 0) is 51.3 Å². The summed E-state index contributed by atoms with van der Waals surface area (Å²) in [7, 11) is 3.16. The summed E-state index contributed by atoms with van der Waals surface area (Å²) in [4.78, 5) is 69.4. The standard InChI is InChI=1S/C48H58N4O7S/c1-4-59-43(54)28-27-42(53)51(2)29-30-52(39-15-5-6-16-39)32-35-13-10-14-37(31-35)45(55)50-47-44(40-17-7-8-18-41(40)60-47)46(56)49-38-25-21-34(22-26-38)12-9-11-33-19-23-36(24-20-33)48(57)58-3/h10,13-14,19-26,31,39H,4-9,11-12,15-18,27-30,32H2,1-3H3,(H,49,56)(H,50,55). The minimum absolute atomic E-state index is 0.0772. The van der Waals surface area contributed by atoms with E-state index in [9.17, 15) is 24.0 Å². The van der Waals surface area contributed by atoms with Gasteiger partial charge < -0.3 is 25.0 Å². The molecule has 2 aliphatic carbocycles. The number of fused-ring (bicyclic) bond motifs is 1. The topological polar surface area (TPSA) is 134 Å². The number of ether oxygens (including phenoxy) is 2. The van der Waals surface area contributed by atoms with Gasteiger partial charge >= 0.3 is 11.9 Å². The highest BCUT2D eigenvalue weighted by atomic mass is 32.1. The molecule has 11 nitrogen and oxygen atoms in total. The summed E-state index contributed by atoms with van der Waals surface area (Å²) < 4.78 is 9.77. The van der Waals surface area contributed by atoms with Crippen molar-refractivity contribution >= 4 is 51.7 Å². The van der Waals surface area contributed by atoms with E-state index in [0.29, 0.717) is 59.7 Å². The fourth-order valence-corrected chi connectivity index (χ4v) is 9.46. The lowest BCUT2D eigenvalue weighted by molar-refractivity contribution is -0.145. The molecule has 12 heteroatoms. The molecule has 6 rings (SSSR count). The number of nitrogens with one attached hydrogen (secondary N) is 2. The van der Waals surface area contributed by atoms with E-state index in [2.05, 4.69) is 15.5 Å². The van der Waals surface area contributed by atoms with Gasteiger partial charge in [-0.2, -0.15) is 0 Å². The van der Waals surface area contributed by atoms with Crippen molar-refractivity contribution in [3.63, 3.8) is 0 Å². The van der Waals surface area contributed by atoms with Crippen molar-refractivity contribution in [2.24, 2.45) is 0 Å². The molecule has 3 aromatic carbocycles. The number of hydrogen-bond donors (Lipinski definition) is 2. The molecule has 318 valence electrons. The van der Waals surface area contributed by atoms with Gasteiger partial charge in [-0.1, -0.05) is 49.2 Å². The molecule has 1 heterocycles. The van der Waals surface area contributed by atoms with E-state index < -0.39 is 0 Å². The first-order valence-electron chi connectivity index (χ1n) is 21.4. The molecule has 60 heavy (non-hydrogen) atoms. The number of esters is 2. The number of thiophene rings is 1. The maximum Gasteiger partial charge on any atom is 0.337 e. The molecule has 1 fully saturated rings. The van der Waals surface area contributed by atoms with Gasteiger partial charge in [-0.25, -0.2) is 4.79 Å². The number of carbonyl (C=O) groups is 5. The normalized spacial score (nSPS) is 13.7. The van der Waals surface area contributed by atoms with Crippen molar-refractivity contribution in [1.82, 2.24) is 9.80 Å². The monoisotopic (exact) mass is 834 g/mol. The van der Waals surface area contributed by atoms with Crippen LogP contribution in [0.15, 0.2) is 72.8 Å². The van der Waals surface area contributed by atoms with Crippen LogP contribution in [0.5, 0.6) is 0 Å². The zero-order valence-corrected chi connectivity index (χ0v) is 36.0. The summed E-state index contributed by atoms with van der Waals surface area (Å²) in [6.45, 7) is 3.91. The number of rotatable bonds is 19. The van der Waals surface area contributed by atoms with Crippen LogP contribution in [0.4, 0.5) is 10.7 Å². The average Bonchev–Trinajstić information content (AvgIpc) is 3.93. The molecule has 1 aromatic heterocycles. The van der Waals surface area contributed by atoms with Gasteiger partial charge in [-0.3, -0.25) is 24.1 Å². The predicted octanol–water partition coefficient (Wildman–Crippen LogP) is 8.64. The Labute approximate surface area is 357 Å². The Hall–Kier alpha value is -5.33. The molecule has 0 saturated heterocycles. The minimum Gasteiger partial charge on any atom is -0.466 e. The molecular weight excluding hydrogens is 777 g/mol. The zero-order chi connectivity index (χ0) is 42.4. The van der Waals surface area contributed by atoms with Crippen LogP contribution in [0.25, 0.3) is 0 Å². The number of likely N-dealkylation sites (N-methyl/N-ethyl adjacent to an activating group) is 1. The zero-order valence-electron chi connectivity index (χ0n) is 35.2. The lowest BCUT2D eigenvalue weighted by Gasteiger charge is -2.31. The van der Waals surface area contributed by atoms with Gasteiger partial charge in [0.25, 0.3) is 11.8 Å². The molecule has 2 aliphatic rings. The second kappa shape index (κ2) is 21.8. The van der Waals surface area contributed by atoms with Gasteiger partial charge in [0.2, 0.25) is 5.91 Å². The highest BCUT2D eigenvalue weighted by molar-refractivity contribution is 7.17. The number of anilines is 2. The third kappa shape index (κ3) is 12.1. The average molecular weight is 835 g/mol. The third-order valence-corrected chi connectivity index (χ3v) is 12.8. The van der Waals surface area contributed by atoms with Crippen LogP contribution in [0, 0.1) is 0 Å². The lowest BCUT2D eigenvalue weighted by Crippen LogP contribution is -2.40. The SMILES string of the molecule is CCOC(=O)CCC(=O)N(C)CCN(Cc1cccc(C(=O)Nc2sc3c(c2C(=O)Nc2ccc(CCCc4ccc(C(=O)OC)cc4)cc2)CCCC3)c1)C1CCCC1. The van der Waals surface area contributed by atoms with Crippen LogP contribution < -0.4 is 10.6 Å².